The van der Waals surface area contributed by atoms with Crippen LogP contribution in [0.15, 0.2) is 23.1 Å². The summed E-state index contributed by atoms with van der Waals surface area (Å²) >= 11 is 0. The number of nitrogens with two attached hydrogens (primary N) is 1. The van der Waals surface area contributed by atoms with Crippen LogP contribution in [0, 0.1) is 0 Å². The second kappa shape index (κ2) is 3.77. The largest absolute Gasteiger partial charge is 0.497 e. The lowest BCUT2D eigenvalue weighted by Crippen LogP contribution is -2.14. The minimum absolute atomic E-state index is 0.00755. The molecule has 5 nitrogen and oxygen atoms in total. The topological polar surface area (TPSA) is 86.5 Å². The summed E-state index contributed by atoms with van der Waals surface area (Å²) in [6, 6.07) is 3.97. The number of hydrogen-bond acceptors (Lipinski definition) is 4. The second-order valence-electron chi connectivity index (χ2n) is 2.57. The number of methoxy groups -OCH3 is 1. The molecule has 0 spiro atoms. The summed E-state index contributed by atoms with van der Waals surface area (Å²) in [7, 11) is -2.44. The van der Waals surface area contributed by atoms with E-state index in [1.54, 1.807) is 0 Å². The zero-order chi connectivity index (χ0) is 10.8. The molecule has 0 saturated heterocycles. The summed E-state index contributed by atoms with van der Waals surface area (Å²) in [5.74, 6) is 0.402. The van der Waals surface area contributed by atoms with E-state index < -0.39 is 10.0 Å². The Kier molecular flexibility index (Phi) is 2.87. The monoisotopic (exact) mass is 215 g/mol. The predicted molar refractivity (Wildman–Crippen MR) is 49.8 cm³/mol. The highest BCUT2D eigenvalue weighted by molar-refractivity contribution is 7.89. The van der Waals surface area contributed by atoms with Crippen molar-refractivity contribution in [2.75, 3.05) is 7.11 Å². The van der Waals surface area contributed by atoms with Gasteiger partial charge in [-0.25, -0.2) is 13.6 Å². The number of primary sulfonamides is 1. The van der Waals surface area contributed by atoms with E-state index >= 15 is 0 Å². The molecule has 1 aromatic carbocycles. The van der Waals surface area contributed by atoms with Crippen molar-refractivity contribution in [3.63, 3.8) is 0 Å². The molecule has 0 aliphatic heterocycles. The number of ether oxygens (including phenoxy) is 1. The van der Waals surface area contributed by atoms with Crippen molar-refractivity contribution in [2.45, 2.75) is 4.90 Å². The maximum absolute atomic E-state index is 11.0. The molecule has 0 unspecified atom stereocenters. The van der Waals surface area contributed by atoms with Gasteiger partial charge in [0.25, 0.3) is 0 Å². The Balaban J connectivity index is 3.40. The van der Waals surface area contributed by atoms with Gasteiger partial charge >= 0.3 is 0 Å². The molecule has 0 saturated carbocycles. The normalized spacial score (nSPS) is 11.0. The van der Waals surface area contributed by atoms with Crippen molar-refractivity contribution in [1.82, 2.24) is 0 Å². The second-order valence-corrected chi connectivity index (χ2v) is 4.10. The van der Waals surface area contributed by atoms with Crippen LogP contribution in [0.3, 0.4) is 0 Å². The molecule has 0 fully saturated rings. The van der Waals surface area contributed by atoms with Gasteiger partial charge in [0.2, 0.25) is 10.0 Å². The molecule has 0 aliphatic carbocycles. The molecule has 0 radical (unpaired) electrons. The summed E-state index contributed by atoms with van der Waals surface area (Å²) < 4.78 is 26.8. The molecule has 6 heteroatoms. The Morgan fingerprint density at radius 3 is 2.50 bits per heavy atom. The van der Waals surface area contributed by atoms with Crippen molar-refractivity contribution in [2.24, 2.45) is 5.14 Å². The number of carbonyl (C=O) groups excluding carboxylic acids is 1. The van der Waals surface area contributed by atoms with Crippen molar-refractivity contribution in [3.05, 3.63) is 23.8 Å². The number of rotatable bonds is 3. The van der Waals surface area contributed by atoms with Gasteiger partial charge in [-0.15, -0.1) is 0 Å². The standard InChI is InChI=1S/C8H9NO4S/c1-13-7-2-3-8(14(9,11)12)6(4-7)5-10/h2-5H,1H3,(H2,9,11,12). The van der Waals surface area contributed by atoms with Gasteiger partial charge in [-0.05, 0) is 18.2 Å². The predicted octanol–water partition coefficient (Wildman–Crippen LogP) is 0.155. The van der Waals surface area contributed by atoms with Gasteiger partial charge in [0, 0.05) is 5.56 Å². The minimum Gasteiger partial charge on any atom is -0.497 e. The van der Waals surface area contributed by atoms with Gasteiger partial charge in [-0.1, -0.05) is 0 Å². The molecule has 0 aliphatic rings. The first-order chi connectivity index (χ1) is 6.49. The molecule has 2 N–H and O–H groups in total. The first kappa shape index (κ1) is 10.7. The molecule has 1 aromatic rings. The number of benzene rings is 1. The fourth-order valence-corrected chi connectivity index (χ4v) is 1.70. The first-order valence-electron chi connectivity index (χ1n) is 3.65. The van der Waals surface area contributed by atoms with Crippen LogP contribution in [0.2, 0.25) is 0 Å². The molecule has 14 heavy (non-hydrogen) atoms. The zero-order valence-corrected chi connectivity index (χ0v) is 8.24. The fraction of sp³-hybridized carbons (Fsp3) is 0.125. The highest BCUT2D eigenvalue weighted by atomic mass is 32.2. The van der Waals surface area contributed by atoms with Gasteiger partial charge in [0.1, 0.15) is 5.75 Å². The van der Waals surface area contributed by atoms with E-state index in [4.69, 9.17) is 9.88 Å². The Morgan fingerprint density at radius 2 is 2.07 bits per heavy atom. The Hall–Kier alpha value is -1.40. The van der Waals surface area contributed by atoms with Crippen LogP contribution in [0.5, 0.6) is 5.75 Å². The minimum atomic E-state index is -3.86. The number of aldehydes is 1. The number of sulfonamides is 1. The molecule has 0 amide bonds. The SMILES string of the molecule is COc1ccc(S(N)(=O)=O)c(C=O)c1. The van der Waals surface area contributed by atoms with Crippen molar-refractivity contribution in [3.8, 4) is 5.75 Å². The third-order valence-electron chi connectivity index (χ3n) is 1.65. The molecular formula is C8H9NO4S. The smallest absolute Gasteiger partial charge is 0.238 e. The molecule has 1 rings (SSSR count). The Bertz CT molecular complexity index is 452. The van der Waals surface area contributed by atoms with Crippen LogP contribution in [-0.4, -0.2) is 21.8 Å². The first-order valence-corrected chi connectivity index (χ1v) is 5.19. The summed E-state index contributed by atoms with van der Waals surface area (Å²) in [6.45, 7) is 0. The van der Waals surface area contributed by atoms with Crippen LogP contribution < -0.4 is 9.88 Å². The fourth-order valence-electron chi connectivity index (χ4n) is 1.00. The van der Waals surface area contributed by atoms with Crippen LogP contribution >= 0.6 is 0 Å². The quantitative estimate of drug-likeness (QED) is 0.727. The van der Waals surface area contributed by atoms with E-state index in [1.807, 2.05) is 0 Å². The van der Waals surface area contributed by atoms with Gasteiger partial charge in [-0.3, -0.25) is 4.79 Å². The molecule has 0 aromatic heterocycles. The molecule has 0 heterocycles. The van der Waals surface area contributed by atoms with Crippen LogP contribution in [0.4, 0.5) is 0 Å². The van der Waals surface area contributed by atoms with Crippen molar-refractivity contribution >= 4 is 16.3 Å². The highest BCUT2D eigenvalue weighted by Crippen LogP contribution is 2.18. The van der Waals surface area contributed by atoms with E-state index in [1.165, 1.54) is 25.3 Å². The average Bonchev–Trinajstić information content (AvgIpc) is 2.15. The maximum atomic E-state index is 11.0. The molecule has 0 bridgehead atoms. The maximum Gasteiger partial charge on any atom is 0.238 e. The van der Waals surface area contributed by atoms with E-state index in [-0.39, 0.29) is 10.5 Å². The Morgan fingerprint density at radius 1 is 1.43 bits per heavy atom. The van der Waals surface area contributed by atoms with Crippen LogP contribution in [0.25, 0.3) is 0 Å². The lowest BCUT2D eigenvalue weighted by Gasteiger charge is -2.04. The van der Waals surface area contributed by atoms with Gasteiger partial charge < -0.3 is 4.74 Å². The van der Waals surface area contributed by atoms with Crippen molar-refractivity contribution in [1.29, 1.82) is 0 Å². The Labute approximate surface area is 81.5 Å². The zero-order valence-electron chi connectivity index (χ0n) is 7.43. The number of hydrogen-bond donors (Lipinski definition) is 1. The summed E-state index contributed by atoms with van der Waals surface area (Å²) in [5, 5.41) is 4.90. The van der Waals surface area contributed by atoms with Gasteiger partial charge in [0.05, 0.1) is 12.0 Å². The van der Waals surface area contributed by atoms with E-state index in [2.05, 4.69) is 0 Å². The van der Waals surface area contributed by atoms with E-state index in [0.29, 0.717) is 12.0 Å². The van der Waals surface area contributed by atoms with Gasteiger partial charge in [-0.2, -0.15) is 0 Å². The number of carbonyl (C=O) groups is 1. The van der Waals surface area contributed by atoms with Crippen LogP contribution in [0.1, 0.15) is 10.4 Å². The lowest BCUT2D eigenvalue weighted by atomic mass is 10.2. The summed E-state index contributed by atoms with van der Waals surface area (Å²) in [4.78, 5) is 10.4. The summed E-state index contributed by atoms with van der Waals surface area (Å²) in [6.07, 6.45) is 0.419. The van der Waals surface area contributed by atoms with Crippen LogP contribution in [-0.2, 0) is 10.0 Å². The lowest BCUT2D eigenvalue weighted by molar-refractivity contribution is 0.112. The third kappa shape index (κ3) is 2.09. The molecule has 76 valence electrons. The summed E-state index contributed by atoms with van der Waals surface area (Å²) in [5.41, 5.74) is -0.00755. The highest BCUT2D eigenvalue weighted by Gasteiger charge is 2.13. The average molecular weight is 215 g/mol. The van der Waals surface area contributed by atoms with E-state index in [9.17, 15) is 13.2 Å². The third-order valence-corrected chi connectivity index (χ3v) is 2.64. The van der Waals surface area contributed by atoms with Gasteiger partial charge in [0.15, 0.2) is 6.29 Å². The molecular weight excluding hydrogens is 206 g/mol. The van der Waals surface area contributed by atoms with E-state index in [0.717, 1.165) is 0 Å². The molecule has 0 atom stereocenters. The van der Waals surface area contributed by atoms with Crippen molar-refractivity contribution < 1.29 is 17.9 Å².